The molecule has 0 atom stereocenters. The van der Waals surface area contributed by atoms with E-state index in [4.69, 9.17) is 9.47 Å². The number of thioether (sulfide) groups is 1. The average molecular weight is 307 g/mol. The molecule has 1 saturated carbocycles. The summed E-state index contributed by atoms with van der Waals surface area (Å²) < 4.78 is 11.4. The highest BCUT2D eigenvalue weighted by Gasteiger charge is 2.13. The van der Waals surface area contributed by atoms with Gasteiger partial charge in [0.15, 0.2) is 11.5 Å². The molecule has 0 unspecified atom stereocenters. The van der Waals surface area contributed by atoms with Gasteiger partial charge in [0.25, 0.3) is 0 Å². The molecule has 1 fully saturated rings. The number of fused-ring (bicyclic) bond motifs is 1. The van der Waals surface area contributed by atoms with Crippen molar-refractivity contribution in [3.05, 3.63) is 18.2 Å². The van der Waals surface area contributed by atoms with E-state index in [0.29, 0.717) is 0 Å². The van der Waals surface area contributed by atoms with Gasteiger partial charge in [-0.2, -0.15) is 0 Å². The standard InChI is InChI=1S/C17H25NO2S/c1-2-5-14(6-3-1)18-9-12-21-15-7-8-16-17(13-15)20-11-4-10-19-16/h7-8,13-14,18H,1-6,9-12H2. The maximum absolute atomic E-state index is 5.74. The zero-order chi connectivity index (χ0) is 14.3. The summed E-state index contributed by atoms with van der Waals surface area (Å²) in [5, 5.41) is 3.69. The Morgan fingerprint density at radius 2 is 1.81 bits per heavy atom. The lowest BCUT2D eigenvalue weighted by Gasteiger charge is -2.22. The van der Waals surface area contributed by atoms with Crippen LogP contribution in [0.25, 0.3) is 0 Å². The molecular formula is C17H25NO2S. The van der Waals surface area contributed by atoms with E-state index in [0.717, 1.165) is 49.5 Å². The minimum atomic E-state index is 0.753. The molecule has 2 aliphatic rings. The minimum Gasteiger partial charge on any atom is -0.490 e. The number of rotatable bonds is 5. The summed E-state index contributed by atoms with van der Waals surface area (Å²) in [6.45, 7) is 2.60. The van der Waals surface area contributed by atoms with Gasteiger partial charge in [-0.05, 0) is 31.0 Å². The molecule has 0 bridgehead atoms. The average Bonchev–Trinajstić information content (AvgIpc) is 2.77. The Labute approximate surface area is 131 Å². The van der Waals surface area contributed by atoms with E-state index in [1.54, 1.807) is 0 Å². The Morgan fingerprint density at radius 3 is 2.67 bits per heavy atom. The Balaban J connectivity index is 1.43. The van der Waals surface area contributed by atoms with Crippen LogP contribution in [0.3, 0.4) is 0 Å². The largest absolute Gasteiger partial charge is 0.490 e. The second-order valence-corrected chi connectivity index (χ2v) is 6.96. The monoisotopic (exact) mass is 307 g/mol. The number of nitrogens with one attached hydrogen (secondary N) is 1. The number of hydrogen-bond donors (Lipinski definition) is 1. The zero-order valence-corrected chi connectivity index (χ0v) is 13.4. The summed E-state index contributed by atoms with van der Waals surface area (Å²) in [6.07, 6.45) is 7.88. The third-order valence-electron chi connectivity index (χ3n) is 4.13. The van der Waals surface area contributed by atoms with Crippen LogP contribution in [-0.4, -0.2) is 31.6 Å². The normalized spacial score (nSPS) is 19.2. The third kappa shape index (κ3) is 4.55. The number of ether oxygens (including phenoxy) is 2. The van der Waals surface area contributed by atoms with Crippen LogP contribution in [0.4, 0.5) is 0 Å². The number of benzene rings is 1. The molecule has 0 spiro atoms. The van der Waals surface area contributed by atoms with Crippen molar-refractivity contribution in [2.45, 2.75) is 49.5 Å². The summed E-state index contributed by atoms with van der Waals surface area (Å²) >= 11 is 1.89. The van der Waals surface area contributed by atoms with Gasteiger partial charge in [-0.3, -0.25) is 0 Å². The fourth-order valence-corrected chi connectivity index (χ4v) is 3.78. The summed E-state index contributed by atoms with van der Waals surface area (Å²) in [7, 11) is 0. The van der Waals surface area contributed by atoms with Crippen molar-refractivity contribution in [1.82, 2.24) is 5.32 Å². The van der Waals surface area contributed by atoms with Gasteiger partial charge < -0.3 is 14.8 Å². The molecule has 3 rings (SSSR count). The SMILES string of the molecule is c1cc2c(cc1SCCNC1CCCCC1)OCCCO2. The van der Waals surface area contributed by atoms with Crippen molar-refractivity contribution < 1.29 is 9.47 Å². The van der Waals surface area contributed by atoms with Crippen molar-refractivity contribution in [1.29, 1.82) is 0 Å². The van der Waals surface area contributed by atoms with Crippen molar-refractivity contribution in [3.8, 4) is 11.5 Å². The van der Waals surface area contributed by atoms with Gasteiger partial charge >= 0.3 is 0 Å². The summed E-state index contributed by atoms with van der Waals surface area (Å²) in [4.78, 5) is 1.27. The van der Waals surface area contributed by atoms with Crippen molar-refractivity contribution in [2.75, 3.05) is 25.5 Å². The van der Waals surface area contributed by atoms with Crippen molar-refractivity contribution in [3.63, 3.8) is 0 Å². The molecule has 1 N–H and O–H groups in total. The van der Waals surface area contributed by atoms with Gasteiger partial charge in [-0.25, -0.2) is 0 Å². The molecular weight excluding hydrogens is 282 g/mol. The molecule has 1 heterocycles. The van der Waals surface area contributed by atoms with Gasteiger partial charge in [-0.1, -0.05) is 19.3 Å². The second-order valence-electron chi connectivity index (χ2n) is 5.80. The molecule has 3 nitrogen and oxygen atoms in total. The Morgan fingerprint density at radius 1 is 1.00 bits per heavy atom. The van der Waals surface area contributed by atoms with Gasteiger partial charge in [0.05, 0.1) is 13.2 Å². The van der Waals surface area contributed by atoms with E-state index in [9.17, 15) is 0 Å². The van der Waals surface area contributed by atoms with E-state index in [2.05, 4.69) is 17.4 Å². The van der Waals surface area contributed by atoms with Gasteiger partial charge in [-0.15, -0.1) is 11.8 Å². The highest BCUT2D eigenvalue weighted by molar-refractivity contribution is 7.99. The van der Waals surface area contributed by atoms with Gasteiger partial charge in [0, 0.05) is 29.7 Å². The third-order valence-corrected chi connectivity index (χ3v) is 5.12. The predicted molar refractivity (Wildman–Crippen MR) is 87.6 cm³/mol. The van der Waals surface area contributed by atoms with Crippen LogP contribution in [0, 0.1) is 0 Å². The Bertz CT molecular complexity index is 446. The van der Waals surface area contributed by atoms with E-state index in [-0.39, 0.29) is 0 Å². The van der Waals surface area contributed by atoms with Crippen molar-refractivity contribution >= 4 is 11.8 Å². The molecule has 1 aromatic carbocycles. The van der Waals surface area contributed by atoms with E-state index < -0.39 is 0 Å². The lowest BCUT2D eigenvalue weighted by atomic mass is 9.96. The van der Waals surface area contributed by atoms with Crippen LogP contribution in [0.5, 0.6) is 11.5 Å². The quantitative estimate of drug-likeness (QED) is 0.661. The highest BCUT2D eigenvalue weighted by Crippen LogP contribution is 2.33. The first-order chi connectivity index (χ1) is 10.4. The topological polar surface area (TPSA) is 30.5 Å². The zero-order valence-electron chi connectivity index (χ0n) is 12.6. The maximum Gasteiger partial charge on any atom is 0.162 e. The molecule has 1 aliphatic heterocycles. The molecule has 0 radical (unpaired) electrons. The van der Waals surface area contributed by atoms with Crippen LogP contribution in [0.2, 0.25) is 0 Å². The first-order valence-corrected chi connectivity index (χ1v) is 9.16. The fourth-order valence-electron chi connectivity index (χ4n) is 2.97. The molecule has 21 heavy (non-hydrogen) atoms. The molecule has 0 aromatic heterocycles. The second kappa shape index (κ2) is 7.95. The smallest absolute Gasteiger partial charge is 0.162 e. The lowest BCUT2D eigenvalue weighted by molar-refractivity contribution is 0.297. The maximum atomic E-state index is 5.74. The minimum absolute atomic E-state index is 0.753. The van der Waals surface area contributed by atoms with E-state index in [1.807, 2.05) is 17.8 Å². The Kier molecular flexibility index (Phi) is 5.69. The van der Waals surface area contributed by atoms with Crippen molar-refractivity contribution in [2.24, 2.45) is 0 Å². The van der Waals surface area contributed by atoms with Crippen LogP contribution in [0.15, 0.2) is 23.1 Å². The highest BCUT2D eigenvalue weighted by atomic mass is 32.2. The molecule has 116 valence electrons. The molecule has 0 saturated heterocycles. The van der Waals surface area contributed by atoms with Crippen LogP contribution >= 0.6 is 11.8 Å². The predicted octanol–water partition coefficient (Wildman–Crippen LogP) is 3.86. The molecule has 4 heteroatoms. The molecule has 1 aliphatic carbocycles. The summed E-state index contributed by atoms with van der Waals surface area (Å²) in [5.74, 6) is 2.89. The van der Waals surface area contributed by atoms with Crippen LogP contribution in [-0.2, 0) is 0 Å². The molecule has 0 amide bonds. The summed E-state index contributed by atoms with van der Waals surface area (Å²) in [5.41, 5.74) is 0. The Hall–Kier alpha value is -0.870. The van der Waals surface area contributed by atoms with E-state index in [1.165, 1.54) is 37.0 Å². The van der Waals surface area contributed by atoms with E-state index >= 15 is 0 Å². The molecule has 1 aromatic rings. The first kappa shape index (κ1) is 15.0. The van der Waals surface area contributed by atoms with Crippen LogP contribution < -0.4 is 14.8 Å². The number of hydrogen-bond acceptors (Lipinski definition) is 4. The first-order valence-electron chi connectivity index (χ1n) is 8.18. The van der Waals surface area contributed by atoms with Gasteiger partial charge in [0.2, 0.25) is 0 Å². The van der Waals surface area contributed by atoms with Crippen LogP contribution in [0.1, 0.15) is 38.5 Å². The summed E-state index contributed by atoms with van der Waals surface area (Å²) in [6, 6.07) is 7.05. The lowest BCUT2D eigenvalue weighted by Crippen LogP contribution is -2.32. The fraction of sp³-hybridized carbons (Fsp3) is 0.647. The van der Waals surface area contributed by atoms with Gasteiger partial charge in [0.1, 0.15) is 0 Å².